The minimum Gasteiger partial charge on any atom is -0.490 e. The number of carbonyl (C=O) groups is 3. The highest BCUT2D eigenvalue weighted by molar-refractivity contribution is 6.21. The first-order chi connectivity index (χ1) is 13.6. The SMILES string of the molecule is O=C(CCN1C(=O)c2ccccc2C1=O)N1CCC(Oc2ccccc2)CC1. The average molecular weight is 378 g/mol. The summed E-state index contributed by atoms with van der Waals surface area (Å²) in [6, 6.07) is 16.5. The molecule has 0 unspecified atom stereocenters. The van der Waals surface area contributed by atoms with E-state index < -0.39 is 0 Å². The quantitative estimate of drug-likeness (QED) is 0.751. The molecule has 144 valence electrons. The predicted molar refractivity (Wildman–Crippen MR) is 103 cm³/mol. The third kappa shape index (κ3) is 3.63. The van der Waals surface area contributed by atoms with Crippen molar-refractivity contribution in [1.29, 1.82) is 0 Å². The van der Waals surface area contributed by atoms with E-state index in [4.69, 9.17) is 4.74 Å². The Morgan fingerprint density at radius 2 is 1.46 bits per heavy atom. The normalized spacial score (nSPS) is 17.0. The topological polar surface area (TPSA) is 66.9 Å². The van der Waals surface area contributed by atoms with Crippen LogP contribution in [0.3, 0.4) is 0 Å². The van der Waals surface area contributed by atoms with Gasteiger partial charge in [0.05, 0.1) is 11.1 Å². The summed E-state index contributed by atoms with van der Waals surface area (Å²) in [5, 5.41) is 0. The fourth-order valence-corrected chi connectivity index (χ4v) is 3.72. The fraction of sp³-hybridized carbons (Fsp3) is 0.318. The van der Waals surface area contributed by atoms with Crippen molar-refractivity contribution >= 4 is 17.7 Å². The van der Waals surface area contributed by atoms with Gasteiger partial charge in [-0.3, -0.25) is 19.3 Å². The van der Waals surface area contributed by atoms with Crippen LogP contribution in [-0.2, 0) is 4.79 Å². The molecule has 0 aliphatic carbocycles. The van der Waals surface area contributed by atoms with Gasteiger partial charge in [-0.2, -0.15) is 0 Å². The van der Waals surface area contributed by atoms with E-state index in [9.17, 15) is 14.4 Å². The Bertz CT molecular complexity index is 853. The second-order valence-corrected chi connectivity index (χ2v) is 7.07. The molecule has 1 fully saturated rings. The van der Waals surface area contributed by atoms with Gasteiger partial charge in [0.2, 0.25) is 5.91 Å². The molecule has 0 radical (unpaired) electrons. The highest BCUT2D eigenvalue weighted by Gasteiger charge is 2.35. The molecule has 0 atom stereocenters. The van der Waals surface area contributed by atoms with Gasteiger partial charge in [0.25, 0.3) is 11.8 Å². The lowest BCUT2D eigenvalue weighted by molar-refractivity contribution is -0.133. The van der Waals surface area contributed by atoms with Gasteiger partial charge < -0.3 is 9.64 Å². The zero-order valence-electron chi connectivity index (χ0n) is 15.5. The Morgan fingerprint density at radius 3 is 2.07 bits per heavy atom. The minimum atomic E-state index is -0.316. The lowest BCUT2D eigenvalue weighted by Crippen LogP contribution is -2.43. The van der Waals surface area contributed by atoms with E-state index in [0.29, 0.717) is 24.2 Å². The van der Waals surface area contributed by atoms with Crippen LogP contribution in [0.2, 0.25) is 0 Å². The molecule has 2 aromatic carbocycles. The third-order valence-corrected chi connectivity index (χ3v) is 5.27. The smallest absolute Gasteiger partial charge is 0.261 e. The number of amides is 3. The molecule has 0 N–H and O–H groups in total. The maximum Gasteiger partial charge on any atom is 0.261 e. The minimum absolute atomic E-state index is 0.0327. The van der Waals surface area contributed by atoms with Crippen LogP contribution in [0.15, 0.2) is 54.6 Å². The highest BCUT2D eigenvalue weighted by Crippen LogP contribution is 2.23. The Morgan fingerprint density at radius 1 is 0.893 bits per heavy atom. The van der Waals surface area contributed by atoms with Crippen LogP contribution < -0.4 is 4.74 Å². The van der Waals surface area contributed by atoms with E-state index in [1.165, 1.54) is 4.90 Å². The summed E-state index contributed by atoms with van der Waals surface area (Å²) in [5.41, 5.74) is 0.831. The summed E-state index contributed by atoms with van der Waals surface area (Å²) in [7, 11) is 0. The van der Waals surface area contributed by atoms with E-state index in [1.54, 1.807) is 29.2 Å². The van der Waals surface area contributed by atoms with Crippen LogP contribution in [0.4, 0.5) is 0 Å². The number of nitrogens with zero attached hydrogens (tertiary/aromatic N) is 2. The number of hydrogen-bond acceptors (Lipinski definition) is 4. The lowest BCUT2D eigenvalue weighted by atomic mass is 10.1. The van der Waals surface area contributed by atoms with Gasteiger partial charge in [-0.25, -0.2) is 0 Å². The molecule has 6 nitrogen and oxygen atoms in total. The van der Waals surface area contributed by atoms with Crippen molar-refractivity contribution in [3.63, 3.8) is 0 Å². The average Bonchev–Trinajstić information content (AvgIpc) is 2.98. The molecule has 3 amide bonds. The summed E-state index contributed by atoms with van der Waals surface area (Å²) < 4.78 is 5.95. The standard InChI is InChI=1S/C22H22N2O4/c25-20(12-15-24-21(26)18-8-4-5-9-19(18)22(24)27)23-13-10-17(11-14-23)28-16-6-2-1-3-7-16/h1-9,17H,10-15H2. The summed E-state index contributed by atoms with van der Waals surface area (Å²) in [6.45, 7) is 1.36. The molecule has 0 aromatic heterocycles. The van der Waals surface area contributed by atoms with Crippen molar-refractivity contribution in [3.8, 4) is 5.75 Å². The van der Waals surface area contributed by atoms with Crippen LogP contribution in [0.1, 0.15) is 40.0 Å². The van der Waals surface area contributed by atoms with Crippen molar-refractivity contribution in [2.75, 3.05) is 19.6 Å². The van der Waals surface area contributed by atoms with E-state index in [-0.39, 0.29) is 36.8 Å². The molecule has 6 heteroatoms. The summed E-state index contributed by atoms with van der Waals surface area (Å²) >= 11 is 0. The van der Waals surface area contributed by atoms with Crippen LogP contribution in [0.5, 0.6) is 5.75 Å². The first-order valence-corrected chi connectivity index (χ1v) is 9.58. The maximum atomic E-state index is 12.5. The van der Waals surface area contributed by atoms with Crippen molar-refractivity contribution in [3.05, 3.63) is 65.7 Å². The van der Waals surface area contributed by atoms with Gasteiger partial charge in [0.1, 0.15) is 11.9 Å². The molecule has 2 heterocycles. The largest absolute Gasteiger partial charge is 0.490 e. The highest BCUT2D eigenvalue weighted by atomic mass is 16.5. The number of rotatable bonds is 5. The van der Waals surface area contributed by atoms with Crippen molar-refractivity contribution < 1.29 is 19.1 Å². The molecule has 0 spiro atoms. The van der Waals surface area contributed by atoms with Gasteiger partial charge in [-0.05, 0) is 24.3 Å². The van der Waals surface area contributed by atoms with E-state index in [1.807, 2.05) is 30.3 Å². The molecule has 4 rings (SSSR count). The molecule has 28 heavy (non-hydrogen) atoms. The molecule has 2 aliphatic heterocycles. The first-order valence-electron chi connectivity index (χ1n) is 9.58. The van der Waals surface area contributed by atoms with Crippen molar-refractivity contribution in [1.82, 2.24) is 9.80 Å². The second kappa shape index (κ2) is 7.84. The van der Waals surface area contributed by atoms with Crippen molar-refractivity contribution in [2.45, 2.75) is 25.4 Å². The van der Waals surface area contributed by atoms with E-state index in [2.05, 4.69) is 0 Å². The number of para-hydroxylation sites is 1. The fourth-order valence-electron chi connectivity index (χ4n) is 3.72. The lowest BCUT2D eigenvalue weighted by Gasteiger charge is -2.32. The van der Waals surface area contributed by atoms with Gasteiger partial charge in [0.15, 0.2) is 0 Å². The van der Waals surface area contributed by atoms with Crippen LogP contribution in [0.25, 0.3) is 0 Å². The zero-order chi connectivity index (χ0) is 19.5. The predicted octanol–water partition coefficient (Wildman–Crippen LogP) is 2.74. The molecular formula is C22H22N2O4. The van der Waals surface area contributed by atoms with Gasteiger partial charge in [0, 0.05) is 38.9 Å². The number of carbonyl (C=O) groups excluding carboxylic acids is 3. The van der Waals surface area contributed by atoms with Gasteiger partial charge in [-0.15, -0.1) is 0 Å². The molecular weight excluding hydrogens is 356 g/mol. The number of hydrogen-bond donors (Lipinski definition) is 0. The summed E-state index contributed by atoms with van der Waals surface area (Å²) in [4.78, 5) is 40.3. The number of benzene rings is 2. The number of ether oxygens (including phenoxy) is 1. The Hall–Kier alpha value is -3.15. The Balaban J connectivity index is 1.27. The van der Waals surface area contributed by atoms with Crippen molar-refractivity contribution in [2.24, 2.45) is 0 Å². The Labute approximate surface area is 163 Å². The first kappa shape index (κ1) is 18.2. The Kier molecular flexibility index (Phi) is 5.10. The molecule has 0 saturated carbocycles. The number of imide groups is 1. The van der Waals surface area contributed by atoms with Gasteiger partial charge in [-0.1, -0.05) is 30.3 Å². The monoisotopic (exact) mass is 378 g/mol. The van der Waals surface area contributed by atoms with E-state index in [0.717, 1.165) is 18.6 Å². The number of likely N-dealkylation sites (tertiary alicyclic amines) is 1. The molecule has 1 saturated heterocycles. The van der Waals surface area contributed by atoms with Crippen LogP contribution in [-0.4, -0.2) is 53.3 Å². The molecule has 2 aromatic rings. The number of piperidine rings is 1. The molecule has 2 aliphatic rings. The van der Waals surface area contributed by atoms with Crippen LogP contribution >= 0.6 is 0 Å². The summed E-state index contributed by atoms with van der Waals surface area (Å²) in [6.07, 6.45) is 1.79. The number of fused-ring (bicyclic) bond motifs is 1. The summed E-state index contributed by atoms with van der Waals surface area (Å²) in [5.74, 6) is 0.180. The third-order valence-electron chi connectivity index (χ3n) is 5.27. The van der Waals surface area contributed by atoms with Gasteiger partial charge >= 0.3 is 0 Å². The zero-order valence-corrected chi connectivity index (χ0v) is 15.5. The maximum absolute atomic E-state index is 12.5. The molecule has 0 bridgehead atoms. The second-order valence-electron chi connectivity index (χ2n) is 7.07. The van der Waals surface area contributed by atoms with E-state index >= 15 is 0 Å². The van der Waals surface area contributed by atoms with Crippen LogP contribution in [0, 0.1) is 0 Å².